The Hall–Kier alpha value is -1.09. The van der Waals surface area contributed by atoms with Crippen LogP contribution in [0.1, 0.15) is 20.8 Å². The predicted octanol–water partition coefficient (Wildman–Crippen LogP) is -0.604. The number of piperazine rings is 1. The molecule has 8 nitrogen and oxygen atoms in total. The molecule has 1 fully saturated rings. The van der Waals surface area contributed by atoms with Gasteiger partial charge in [0.25, 0.3) is 0 Å². The molecule has 5 N–H and O–H groups in total. The molecule has 0 unspecified atom stereocenters. The van der Waals surface area contributed by atoms with Gasteiger partial charge in [-0.05, 0) is 20.8 Å². The maximum atomic E-state index is 11.7. The number of hydrogen-bond donors (Lipinski definition) is 1. The number of carboxylic acid groups (broad SMARTS) is 1. The maximum absolute atomic E-state index is 11.7. The summed E-state index contributed by atoms with van der Waals surface area (Å²) in [6.07, 6.45) is -0.326. The molecule has 1 heterocycles. The van der Waals surface area contributed by atoms with Crippen molar-refractivity contribution < 1.29 is 30.4 Å². The summed E-state index contributed by atoms with van der Waals surface area (Å²) >= 11 is 0. The molecule has 0 aromatic rings. The second kappa shape index (κ2) is 9.76. The van der Waals surface area contributed by atoms with Crippen LogP contribution < -0.4 is 0 Å². The molecule has 0 aliphatic carbocycles. The summed E-state index contributed by atoms with van der Waals surface area (Å²) in [6, 6.07) is 0. The molecule has 0 aromatic carbocycles. The van der Waals surface area contributed by atoms with Crippen molar-refractivity contribution >= 4 is 24.5 Å². The van der Waals surface area contributed by atoms with E-state index >= 15 is 0 Å². The van der Waals surface area contributed by atoms with Crippen LogP contribution in [0, 0.1) is 0 Å². The van der Waals surface area contributed by atoms with E-state index in [2.05, 4.69) is 0 Å². The highest BCUT2D eigenvalue weighted by molar-refractivity contribution is 5.85. The highest BCUT2D eigenvalue weighted by Crippen LogP contribution is 2.11. The van der Waals surface area contributed by atoms with Crippen LogP contribution in [0.25, 0.3) is 0 Å². The third-order valence-electron chi connectivity index (χ3n) is 2.38. The third-order valence-corrected chi connectivity index (χ3v) is 2.38. The molecule has 1 aliphatic heterocycles. The minimum atomic E-state index is -0.837. The van der Waals surface area contributed by atoms with Crippen molar-refractivity contribution in [3.05, 3.63) is 0 Å². The Morgan fingerprint density at radius 1 is 1.10 bits per heavy atom. The number of ether oxygens (including phenoxy) is 1. The minimum absolute atomic E-state index is 0. The fourth-order valence-electron chi connectivity index (χ4n) is 1.61. The van der Waals surface area contributed by atoms with Crippen molar-refractivity contribution in [1.29, 1.82) is 0 Å². The Balaban J connectivity index is -0.000000963. The molecule has 9 heteroatoms. The average molecular weight is 317 g/mol. The first-order valence-electron chi connectivity index (χ1n) is 5.70. The zero-order valence-corrected chi connectivity index (χ0v) is 12.8. The summed E-state index contributed by atoms with van der Waals surface area (Å²) in [4.78, 5) is 25.7. The molecule has 0 aromatic heterocycles. The fourth-order valence-corrected chi connectivity index (χ4v) is 1.61. The van der Waals surface area contributed by atoms with E-state index in [0.29, 0.717) is 26.2 Å². The summed E-state index contributed by atoms with van der Waals surface area (Å²) in [7, 11) is 0. The molecule has 0 spiro atoms. The van der Waals surface area contributed by atoms with E-state index in [1.807, 2.05) is 25.7 Å². The van der Waals surface area contributed by atoms with Gasteiger partial charge in [0.15, 0.2) is 0 Å². The zero-order valence-electron chi connectivity index (χ0n) is 12.0. The van der Waals surface area contributed by atoms with E-state index in [9.17, 15) is 9.59 Å². The van der Waals surface area contributed by atoms with Crippen molar-refractivity contribution in [3.8, 4) is 0 Å². The molecule has 1 rings (SSSR count). The number of carbonyl (C=O) groups excluding carboxylic acids is 1. The topological polar surface area (TPSA) is 133 Å². The van der Waals surface area contributed by atoms with Crippen LogP contribution >= 0.6 is 12.4 Å². The number of halogens is 1. The number of rotatable bonds is 2. The summed E-state index contributed by atoms with van der Waals surface area (Å²) < 4.78 is 5.25. The average Bonchev–Trinajstić information content (AvgIpc) is 2.15. The Bertz CT molecular complexity index is 300. The zero-order chi connectivity index (χ0) is 13.1. The molecule has 1 saturated heterocycles. The van der Waals surface area contributed by atoms with Crippen molar-refractivity contribution in [2.45, 2.75) is 26.4 Å². The maximum Gasteiger partial charge on any atom is 0.410 e. The van der Waals surface area contributed by atoms with Crippen LogP contribution in [0.4, 0.5) is 4.79 Å². The molecule has 0 bridgehead atoms. The molecular weight excluding hydrogens is 292 g/mol. The number of nitrogens with zero attached hydrogens (tertiary/aromatic N) is 2. The first-order chi connectivity index (χ1) is 7.78. The van der Waals surface area contributed by atoms with E-state index in [1.54, 1.807) is 4.90 Å². The van der Waals surface area contributed by atoms with Crippen LogP contribution in [0.2, 0.25) is 0 Å². The molecular formula is C11H25ClN2O6. The summed E-state index contributed by atoms with van der Waals surface area (Å²) in [5, 5.41) is 8.65. The molecule has 0 radical (unpaired) electrons. The van der Waals surface area contributed by atoms with E-state index in [4.69, 9.17) is 9.84 Å². The SMILES string of the molecule is CC(C)(C)OC(=O)N1CCN(CC(=O)O)CC1.Cl.O.O. The highest BCUT2D eigenvalue weighted by atomic mass is 35.5. The lowest BCUT2D eigenvalue weighted by Gasteiger charge is -2.34. The largest absolute Gasteiger partial charge is 0.480 e. The first kappa shape index (κ1) is 24.0. The van der Waals surface area contributed by atoms with Crippen molar-refractivity contribution in [2.75, 3.05) is 32.7 Å². The highest BCUT2D eigenvalue weighted by Gasteiger charge is 2.26. The molecule has 1 amide bonds. The van der Waals surface area contributed by atoms with E-state index in [-0.39, 0.29) is 36.0 Å². The lowest BCUT2D eigenvalue weighted by molar-refractivity contribution is -0.138. The van der Waals surface area contributed by atoms with Crippen LogP contribution in [0.15, 0.2) is 0 Å². The molecule has 0 atom stereocenters. The van der Waals surface area contributed by atoms with Crippen LogP contribution in [-0.4, -0.2) is 76.2 Å². The smallest absolute Gasteiger partial charge is 0.410 e. The van der Waals surface area contributed by atoms with Gasteiger partial charge in [-0.2, -0.15) is 0 Å². The fraction of sp³-hybridized carbons (Fsp3) is 0.818. The van der Waals surface area contributed by atoms with Crippen LogP contribution in [0.5, 0.6) is 0 Å². The van der Waals surface area contributed by atoms with Crippen molar-refractivity contribution in [2.24, 2.45) is 0 Å². The van der Waals surface area contributed by atoms with Gasteiger partial charge in [0.1, 0.15) is 5.60 Å². The normalized spacial score (nSPS) is 15.2. The second-order valence-corrected chi connectivity index (χ2v) is 5.14. The Labute approximate surface area is 124 Å². The van der Waals surface area contributed by atoms with Crippen molar-refractivity contribution in [1.82, 2.24) is 9.80 Å². The lowest BCUT2D eigenvalue weighted by Crippen LogP contribution is -2.51. The number of hydrogen-bond acceptors (Lipinski definition) is 4. The van der Waals surface area contributed by atoms with Gasteiger partial charge in [0, 0.05) is 26.2 Å². The van der Waals surface area contributed by atoms with Gasteiger partial charge in [-0.1, -0.05) is 0 Å². The van der Waals surface area contributed by atoms with Gasteiger partial charge in [0.2, 0.25) is 0 Å². The number of carboxylic acids is 1. The summed E-state index contributed by atoms with van der Waals surface area (Å²) in [5.74, 6) is -0.837. The van der Waals surface area contributed by atoms with E-state index < -0.39 is 11.6 Å². The predicted molar refractivity (Wildman–Crippen MR) is 76.4 cm³/mol. The number of amides is 1. The van der Waals surface area contributed by atoms with Crippen LogP contribution in [-0.2, 0) is 9.53 Å². The third kappa shape index (κ3) is 8.92. The van der Waals surface area contributed by atoms with Crippen LogP contribution in [0.3, 0.4) is 0 Å². The number of aliphatic carboxylic acids is 1. The van der Waals surface area contributed by atoms with Gasteiger partial charge in [-0.15, -0.1) is 12.4 Å². The lowest BCUT2D eigenvalue weighted by atomic mass is 10.2. The molecule has 1 aliphatic rings. The minimum Gasteiger partial charge on any atom is -0.480 e. The van der Waals surface area contributed by atoms with Crippen molar-refractivity contribution in [3.63, 3.8) is 0 Å². The first-order valence-corrected chi connectivity index (χ1v) is 5.70. The van der Waals surface area contributed by atoms with Gasteiger partial charge in [0.05, 0.1) is 6.54 Å². The molecule has 0 saturated carbocycles. The van der Waals surface area contributed by atoms with E-state index in [1.165, 1.54) is 0 Å². The quantitative estimate of drug-likeness (QED) is 0.725. The molecule has 122 valence electrons. The Morgan fingerprint density at radius 3 is 1.90 bits per heavy atom. The monoisotopic (exact) mass is 316 g/mol. The van der Waals surface area contributed by atoms with Gasteiger partial charge < -0.3 is 25.7 Å². The Kier molecular flexibility index (Phi) is 11.7. The van der Waals surface area contributed by atoms with Gasteiger partial charge in [-0.3, -0.25) is 9.69 Å². The number of carbonyl (C=O) groups is 2. The summed E-state index contributed by atoms with van der Waals surface area (Å²) in [5.41, 5.74) is -0.491. The Morgan fingerprint density at radius 2 is 1.55 bits per heavy atom. The second-order valence-electron chi connectivity index (χ2n) is 5.14. The van der Waals surface area contributed by atoms with E-state index in [0.717, 1.165) is 0 Å². The summed E-state index contributed by atoms with van der Waals surface area (Å²) in [6.45, 7) is 7.69. The van der Waals surface area contributed by atoms with Gasteiger partial charge >= 0.3 is 12.1 Å². The molecule has 20 heavy (non-hydrogen) atoms. The van der Waals surface area contributed by atoms with Gasteiger partial charge in [-0.25, -0.2) is 4.79 Å². The standard InChI is InChI=1S/C11H20N2O4.ClH.2H2O/c1-11(2,3)17-10(16)13-6-4-12(5-7-13)8-9(14)15;;;/h4-8H2,1-3H3,(H,14,15);1H;2*1H2.